The minimum atomic E-state index is 0.284. The van der Waals surface area contributed by atoms with Gasteiger partial charge < -0.3 is 10.2 Å². The molecule has 3 heterocycles. The summed E-state index contributed by atoms with van der Waals surface area (Å²) in [6.45, 7) is 9.41. The van der Waals surface area contributed by atoms with Crippen LogP contribution in [0.25, 0.3) is 0 Å². The van der Waals surface area contributed by atoms with Crippen LogP contribution in [-0.2, 0) is 12.0 Å². The van der Waals surface area contributed by atoms with Gasteiger partial charge in [-0.05, 0) is 57.0 Å². The van der Waals surface area contributed by atoms with E-state index in [1.165, 1.54) is 32.4 Å². The second-order valence-corrected chi connectivity index (χ2v) is 7.15. The zero-order valence-corrected chi connectivity index (χ0v) is 12.5. The van der Waals surface area contributed by atoms with Gasteiger partial charge in [-0.1, -0.05) is 0 Å². The van der Waals surface area contributed by atoms with Crippen molar-refractivity contribution in [3.63, 3.8) is 0 Å². The number of nitrogens with zero attached hydrogens (tertiary/aromatic N) is 1. The van der Waals surface area contributed by atoms with Crippen molar-refractivity contribution in [1.82, 2.24) is 10.2 Å². The molecule has 0 amide bonds. The van der Waals surface area contributed by atoms with Gasteiger partial charge in [-0.3, -0.25) is 0 Å². The van der Waals surface area contributed by atoms with E-state index < -0.39 is 0 Å². The van der Waals surface area contributed by atoms with Crippen molar-refractivity contribution < 1.29 is 0 Å². The van der Waals surface area contributed by atoms with Gasteiger partial charge in [0.05, 0.1) is 5.54 Å². The van der Waals surface area contributed by atoms with Gasteiger partial charge in [-0.25, -0.2) is 0 Å². The molecule has 0 aromatic carbocycles. The third-order valence-corrected chi connectivity index (χ3v) is 5.77. The quantitative estimate of drug-likeness (QED) is 0.839. The summed E-state index contributed by atoms with van der Waals surface area (Å²) in [6.07, 6.45) is 3.74. The second kappa shape index (κ2) is 4.62. The van der Waals surface area contributed by atoms with Gasteiger partial charge in [0.25, 0.3) is 0 Å². The van der Waals surface area contributed by atoms with E-state index in [0.717, 1.165) is 0 Å². The molecule has 2 aliphatic heterocycles. The molecule has 2 nitrogen and oxygen atoms in total. The van der Waals surface area contributed by atoms with Gasteiger partial charge in [0.2, 0.25) is 0 Å². The summed E-state index contributed by atoms with van der Waals surface area (Å²) in [6, 6.07) is 3.65. The SMILES string of the molecule is CC(C)N1CCC2(CC1)N[C@@H](C)Cc1ccsc12. The Morgan fingerprint density at radius 3 is 2.78 bits per heavy atom. The van der Waals surface area contributed by atoms with Crippen LogP contribution in [0.15, 0.2) is 11.4 Å². The summed E-state index contributed by atoms with van der Waals surface area (Å²) in [7, 11) is 0. The van der Waals surface area contributed by atoms with Crippen LogP contribution in [0.3, 0.4) is 0 Å². The maximum absolute atomic E-state index is 3.92. The molecule has 0 aliphatic carbocycles. The van der Waals surface area contributed by atoms with Crippen molar-refractivity contribution in [2.45, 2.75) is 57.7 Å². The molecule has 18 heavy (non-hydrogen) atoms. The van der Waals surface area contributed by atoms with Crippen LogP contribution in [0.5, 0.6) is 0 Å². The van der Waals surface area contributed by atoms with E-state index in [-0.39, 0.29) is 5.54 Å². The van der Waals surface area contributed by atoms with Crippen molar-refractivity contribution >= 4 is 11.3 Å². The smallest absolute Gasteiger partial charge is 0.0558 e. The molecule has 3 heteroatoms. The van der Waals surface area contributed by atoms with Gasteiger partial charge in [-0.15, -0.1) is 11.3 Å². The lowest BCUT2D eigenvalue weighted by atomic mass is 9.79. The number of fused-ring (bicyclic) bond motifs is 2. The molecule has 1 N–H and O–H groups in total. The Labute approximate surface area is 114 Å². The summed E-state index contributed by atoms with van der Waals surface area (Å²) in [5.74, 6) is 0. The highest BCUT2D eigenvalue weighted by atomic mass is 32.1. The molecule has 100 valence electrons. The van der Waals surface area contributed by atoms with E-state index in [0.29, 0.717) is 12.1 Å². The Hall–Kier alpha value is -0.380. The van der Waals surface area contributed by atoms with E-state index in [1.54, 1.807) is 10.4 Å². The van der Waals surface area contributed by atoms with Crippen LogP contribution in [0.2, 0.25) is 0 Å². The van der Waals surface area contributed by atoms with E-state index in [9.17, 15) is 0 Å². The maximum Gasteiger partial charge on any atom is 0.0558 e. The molecule has 0 saturated carbocycles. The summed E-state index contributed by atoms with van der Waals surface area (Å²) < 4.78 is 0. The monoisotopic (exact) mass is 264 g/mol. The number of thiophene rings is 1. The van der Waals surface area contributed by atoms with Crippen LogP contribution in [-0.4, -0.2) is 30.1 Å². The van der Waals surface area contributed by atoms with E-state index >= 15 is 0 Å². The molecule has 1 aromatic rings. The van der Waals surface area contributed by atoms with E-state index in [4.69, 9.17) is 0 Å². The largest absolute Gasteiger partial charge is 0.304 e. The third kappa shape index (κ3) is 2.02. The lowest BCUT2D eigenvalue weighted by Crippen LogP contribution is -2.57. The predicted octanol–water partition coefficient (Wildman–Crippen LogP) is 2.98. The molecule has 1 spiro atoms. The van der Waals surface area contributed by atoms with Gasteiger partial charge >= 0.3 is 0 Å². The Bertz CT molecular complexity index is 416. The molecule has 1 saturated heterocycles. The first-order chi connectivity index (χ1) is 8.61. The van der Waals surface area contributed by atoms with Crippen LogP contribution in [0.1, 0.15) is 44.1 Å². The summed E-state index contributed by atoms with van der Waals surface area (Å²) in [5, 5.41) is 6.20. The fourth-order valence-electron chi connectivity index (χ4n) is 3.63. The van der Waals surface area contributed by atoms with Crippen LogP contribution >= 0.6 is 11.3 Å². The Kier molecular flexibility index (Phi) is 3.25. The average Bonchev–Trinajstić information content (AvgIpc) is 2.78. The highest BCUT2D eigenvalue weighted by Crippen LogP contribution is 2.42. The molecule has 1 aromatic heterocycles. The number of nitrogens with one attached hydrogen (secondary N) is 1. The Morgan fingerprint density at radius 2 is 2.11 bits per heavy atom. The standard InChI is InChI=1S/C15H24N2S/c1-11(2)17-7-5-15(6-8-17)14-13(4-9-18-14)10-12(3)16-15/h4,9,11-12,16H,5-8,10H2,1-3H3/t12-/m0/s1. The van der Waals surface area contributed by atoms with Crippen molar-refractivity contribution in [1.29, 1.82) is 0 Å². The van der Waals surface area contributed by atoms with Gasteiger partial charge in [0.1, 0.15) is 0 Å². The molecular formula is C15H24N2S. The predicted molar refractivity (Wildman–Crippen MR) is 78.2 cm³/mol. The molecule has 3 rings (SSSR count). The van der Waals surface area contributed by atoms with Gasteiger partial charge in [-0.2, -0.15) is 0 Å². The van der Waals surface area contributed by atoms with Crippen LogP contribution in [0, 0.1) is 0 Å². The van der Waals surface area contributed by atoms with Crippen molar-refractivity contribution in [2.75, 3.05) is 13.1 Å². The number of piperidine rings is 1. The normalized spacial score (nSPS) is 27.7. The second-order valence-electron chi connectivity index (χ2n) is 6.24. The zero-order valence-electron chi connectivity index (χ0n) is 11.7. The minimum absolute atomic E-state index is 0.284. The Morgan fingerprint density at radius 1 is 1.39 bits per heavy atom. The molecule has 2 aliphatic rings. The molecule has 0 unspecified atom stereocenters. The summed E-state index contributed by atoms with van der Waals surface area (Å²) >= 11 is 1.96. The van der Waals surface area contributed by atoms with E-state index in [2.05, 4.69) is 42.4 Å². The van der Waals surface area contributed by atoms with Crippen molar-refractivity contribution in [3.05, 3.63) is 21.9 Å². The summed E-state index contributed by atoms with van der Waals surface area (Å²) in [5.41, 5.74) is 1.89. The first-order valence-corrected chi connectivity index (χ1v) is 8.07. The topological polar surface area (TPSA) is 15.3 Å². The third-order valence-electron chi connectivity index (χ3n) is 4.61. The number of likely N-dealkylation sites (tertiary alicyclic amines) is 1. The number of hydrogen-bond acceptors (Lipinski definition) is 3. The highest BCUT2D eigenvalue weighted by Gasteiger charge is 2.42. The molecule has 1 atom stereocenters. The molecule has 1 fully saturated rings. The first kappa shape index (κ1) is 12.6. The molecular weight excluding hydrogens is 240 g/mol. The molecule has 0 bridgehead atoms. The first-order valence-electron chi connectivity index (χ1n) is 7.19. The van der Waals surface area contributed by atoms with Crippen LogP contribution in [0.4, 0.5) is 0 Å². The lowest BCUT2D eigenvalue weighted by Gasteiger charge is -2.47. The number of hydrogen-bond donors (Lipinski definition) is 1. The lowest BCUT2D eigenvalue weighted by molar-refractivity contribution is 0.0987. The van der Waals surface area contributed by atoms with E-state index in [1.807, 2.05) is 11.3 Å². The fourth-order valence-corrected chi connectivity index (χ4v) is 4.79. The highest BCUT2D eigenvalue weighted by molar-refractivity contribution is 7.10. The van der Waals surface area contributed by atoms with Crippen molar-refractivity contribution in [3.8, 4) is 0 Å². The number of rotatable bonds is 1. The summed E-state index contributed by atoms with van der Waals surface area (Å²) in [4.78, 5) is 4.24. The van der Waals surface area contributed by atoms with Gasteiger partial charge in [0.15, 0.2) is 0 Å². The fraction of sp³-hybridized carbons (Fsp3) is 0.733. The minimum Gasteiger partial charge on any atom is -0.304 e. The van der Waals surface area contributed by atoms with Crippen LogP contribution < -0.4 is 5.32 Å². The molecule has 0 radical (unpaired) electrons. The van der Waals surface area contributed by atoms with Crippen molar-refractivity contribution in [2.24, 2.45) is 0 Å². The zero-order chi connectivity index (χ0) is 12.8. The maximum atomic E-state index is 3.92. The average molecular weight is 264 g/mol. The van der Waals surface area contributed by atoms with Gasteiger partial charge in [0, 0.05) is 30.1 Å². The Balaban J connectivity index is 1.85.